The predicted molar refractivity (Wildman–Crippen MR) is 96.5 cm³/mol. The fraction of sp³-hybridized carbons (Fsp3) is 0.350. The van der Waals surface area contributed by atoms with E-state index in [1.165, 1.54) is 5.56 Å². The molecule has 4 nitrogen and oxygen atoms in total. The van der Waals surface area contributed by atoms with Crippen molar-refractivity contribution in [3.8, 4) is 5.75 Å². The Balaban J connectivity index is 1.57. The summed E-state index contributed by atoms with van der Waals surface area (Å²) in [5, 5.41) is 2.99. The van der Waals surface area contributed by atoms with E-state index < -0.39 is 0 Å². The first-order valence-corrected chi connectivity index (χ1v) is 8.41. The lowest BCUT2D eigenvalue weighted by atomic mass is 9.99. The normalized spacial score (nSPS) is 19.0. The molecule has 1 amide bonds. The molecule has 24 heavy (non-hydrogen) atoms. The van der Waals surface area contributed by atoms with Gasteiger partial charge in [-0.3, -0.25) is 9.69 Å². The summed E-state index contributed by atoms with van der Waals surface area (Å²) >= 11 is 0. The number of amides is 1. The highest BCUT2D eigenvalue weighted by Gasteiger charge is 2.30. The van der Waals surface area contributed by atoms with Crippen molar-refractivity contribution >= 4 is 11.6 Å². The van der Waals surface area contributed by atoms with Crippen LogP contribution in [0.2, 0.25) is 0 Å². The Kier molecular flexibility index (Phi) is 5.16. The average Bonchev–Trinajstić information content (AvgIpc) is 3.12. The SMILES string of the molecule is COc1ccc(NC(=O)C(C)N2CCC(c3ccccc3)C2)cc1. The Morgan fingerprint density at radius 2 is 1.88 bits per heavy atom. The number of hydrogen-bond acceptors (Lipinski definition) is 3. The number of carbonyl (C=O) groups is 1. The minimum atomic E-state index is -0.138. The number of hydrogen-bond donors (Lipinski definition) is 1. The first-order chi connectivity index (χ1) is 11.7. The van der Waals surface area contributed by atoms with Crippen LogP contribution < -0.4 is 10.1 Å². The maximum absolute atomic E-state index is 12.5. The molecule has 1 N–H and O–H groups in total. The van der Waals surface area contributed by atoms with E-state index in [2.05, 4.69) is 34.5 Å². The standard InChI is InChI=1S/C20H24N2O2/c1-15(20(23)21-18-8-10-19(24-2)11-9-18)22-13-12-17(14-22)16-6-4-3-5-7-16/h3-11,15,17H,12-14H2,1-2H3,(H,21,23). The average molecular weight is 324 g/mol. The van der Waals surface area contributed by atoms with Crippen molar-refractivity contribution in [3.63, 3.8) is 0 Å². The van der Waals surface area contributed by atoms with Gasteiger partial charge < -0.3 is 10.1 Å². The Morgan fingerprint density at radius 3 is 2.54 bits per heavy atom. The molecule has 1 aliphatic rings. The van der Waals surface area contributed by atoms with Gasteiger partial charge in [0.15, 0.2) is 0 Å². The number of ether oxygens (including phenoxy) is 1. The second-order valence-electron chi connectivity index (χ2n) is 6.28. The van der Waals surface area contributed by atoms with Crippen LogP contribution in [0.25, 0.3) is 0 Å². The highest BCUT2D eigenvalue weighted by atomic mass is 16.5. The molecule has 0 radical (unpaired) electrons. The van der Waals surface area contributed by atoms with Crippen molar-refractivity contribution in [3.05, 3.63) is 60.2 Å². The number of carbonyl (C=O) groups excluding carboxylic acids is 1. The van der Waals surface area contributed by atoms with E-state index in [-0.39, 0.29) is 11.9 Å². The van der Waals surface area contributed by atoms with Crippen molar-refractivity contribution < 1.29 is 9.53 Å². The molecule has 3 rings (SSSR count). The van der Waals surface area contributed by atoms with E-state index in [0.29, 0.717) is 5.92 Å². The minimum Gasteiger partial charge on any atom is -0.497 e. The lowest BCUT2D eigenvalue weighted by Gasteiger charge is -2.23. The van der Waals surface area contributed by atoms with Gasteiger partial charge in [0, 0.05) is 12.2 Å². The van der Waals surface area contributed by atoms with Gasteiger partial charge in [0.2, 0.25) is 5.91 Å². The highest BCUT2D eigenvalue weighted by molar-refractivity contribution is 5.94. The van der Waals surface area contributed by atoms with Crippen molar-refractivity contribution in [1.82, 2.24) is 4.90 Å². The fourth-order valence-corrected chi connectivity index (χ4v) is 3.22. The summed E-state index contributed by atoms with van der Waals surface area (Å²) in [5.74, 6) is 1.34. The van der Waals surface area contributed by atoms with E-state index in [0.717, 1.165) is 30.9 Å². The summed E-state index contributed by atoms with van der Waals surface area (Å²) in [4.78, 5) is 14.8. The third-order valence-electron chi connectivity index (χ3n) is 4.78. The molecule has 4 heteroatoms. The molecule has 1 aliphatic heterocycles. The molecule has 2 atom stereocenters. The van der Waals surface area contributed by atoms with Crippen LogP contribution in [0.5, 0.6) is 5.75 Å². The summed E-state index contributed by atoms with van der Waals surface area (Å²) in [6.45, 7) is 3.87. The van der Waals surface area contributed by atoms with Crippen LogP contribution in [0.1, 0.15) is 24.8 Å². The number of rotatable bonds is 5. The largest absolute Gasteiger partial charge is 0.497 e. The lowest BCUT2D eigenvalue weighted by Crippen LogP contribution is -2.40. The summed E-state index contributed by atoms with van der Waals surface area (Å²) in [6.07, 6.45) is 1.10. The fourth-order valence-electron chi connectivity index (χ4n) is 3.22. The molecule has 0 saturated carbocycles. The third kappa shape index (κ3) is 3.77. The zero-order valence-corrected chi connectivity index (χ0v) is 14.2. The van der Waals surface area contributed by atoms with Gasteiger partial charge in [-0.1, -0.05) is 30.3 Å². The molecule has 1 saturated heterocycles. The van der Waals surface area contributed by atoms with Crippen LogP contribution in [-0.2, 0) is 4.79 Å². The molecule has 2 unspecified atom stereocenters. The zero-order chi connectivity index (χ0) is 16.9. The Hall–Kier alpha value is -2.33. The quantitative estimate of drug-likeness (QED) is 0.915. The molecule has 2 aromatic rings. The van der Waals surface area contributed by atoms with Gasteiger partial charge in [0.05, 0.1) is 13.2 Å². The topological polar surface area (TPSA) is 41.6 Å². The number of nitrogens with one attached hydrogen (secondary N) is 1. The summed E-state index contributed by atoms with van der Waals surface area (Å²) in [5.41, 5.74) is 2.16. The van der Waals surface area contributed by atoms with Crippen LogP contribution >= 0.6 is 0 Å². The van der Waals surface area contributed by atoms with E-state index in [1.807, 2.05) is 37.3 Å². The minimum absolute atomic E-state index is 0.0360. The van der Waals surface area contributed by atoms with Crippen molar-refractivity contribution in [1.29, 1.82) is 0 Å². The first kappa shape index (κ1) is 16.5. The summed E-state index contributed by atoms with van der Waals surface area (Å²) in [6, 6.07) is 17.8. The Morgan fingerprint density at radius 1 is 1.17 bits per heavy atom. The van der Waals surface area contributed by atoms with Gasteiger partial charge in [0.25, 0.3) is 0 Å². The molecular formula is C20H24N2O2. The predicted octanol–water partition coefficient (Wildman–Crippen LogP) is 3.51. The van der Waals surface area contributed by atoms with Gasteiger partial charge >= 0.3 is 0 Å². The van der Waals surface area contributed by atoms with Crippen LogP contribution in [0, 0.1) is 0 Å². The van der Waals surface area contributed by atoms with Crippen LogP contribution in [0.4, 0.5) is 5.69 Å². The number of anilines is 1. The maximum atomic E-state index is 12.5. The van der Waals surface area contributed by atoms with Crippen molar-refractivity contribution in [2.45, 2.75) is 25.3 Å². The van der Waals surface area contributed by atoms with Crippen LogP contribution in [0.3, 0.4) is 0 Å². The first-order valence-electron chi connectivity index (χ1n) is 8.41. The van der Waals surface area contributed by atoms with Gasteiger partial charge in [-0.05, 0) is 55.6 Å². The molecule has 2 aromatic carbocycles. The molecular weight excluding hydrogens is 300 g/mol. The number of likely N-dealkylation sites (tertiary alicyclic amines) is 1. The van der Waals surface area contributed by atoms with Crippen LogP contribution in [0.15, 0.2) is 54.6 Å². The molecule has 126 valence electrons. The summed E-state index contributed by atoms with van der Waals surface area (Å²) < 4.78 is 5.14. The number of benzene rings is 2. The third-order valence-corrected chi connectivity index (χ3v) is 4.78. The van der Waals surface area contributed by atoms with Crippen molar-refractivity contribution in [2.75, 3.05) is 25.5 Å². The van der Waals surface area contributed by atoms with E-state index in [1.54, 1.807) is 7.11 Å². The molecule has 0 spiro atoms. The number of nitrogens with zero attached hydrogens (tertiary/aromatic N) is 1. The van der Waals surface area contributed by atoms with Crippen LogP contribution in [-0.4, -0.2) is 37.0 Å². The highest BCUT2D eigenvalue weighted by Crippen LogP contribution is 2.28. The molecule has 1 heterocycles. The summed E-state index contributed by atoms with van der Waals surface area (Å²) in [7, 11) is 1.63. The molecule has 0 aliphatic carbocycles. The number of methoxy groups -OCH3 is 1. The molecule has 0 bridgehead atoms. The van der Waals surface area contributed by atoms with Gasteiger partial charge in [-0.2, -0.15) is 0 Å². The van der Waals surface area contributed by atoms with E-state index in [4.69, 9.17) is 4.74 Å². The molecule has 1 fully saturated rings. The second-order valence-corrected chi connectivity index (χ2v) is 6.28. The smallest absolute Gasteiger partial charge is 0.241 e. The van der Waals surface area contributed by atoms with Gasteiger partial charge in [-0.15, -0.1) is 0 Å². The van der Waals surface area contributed by atoms with Gasteiger partial charge in [0.1, 0.15) is 5.75 Å². The maximum Gasteiger partial charge on any atom is 0.241 e. The second kappa shape index (κ2) is 7.49. The Bertz CT molecular complexity index is 670. The Labute approximate surface area is 143 Å². The molecule has 0 aromatic heterocycles. The van der Waals surface area contributed by atoms with Gasteiger partial charge in [-0.25, -0.2) is 0 Å². The van der Waals surface area contributed by atoms with E-state index >= 15 is 0 Å². The van der Waals surface area contributed by atoms with Crippen molar-refractivity contribution in [2.24, 2.45) is 0 Å². The van der Waals surface area contributed by atoms with E-state index in [9.17, 15) is 4.79 Å². The monoisotopic (exact) mass is 324 g/mol. The lowest BCUT2D eigenvalue weighted by molar-refractivity contribution is -0.120. The zero-order valence-electron chi connectivity index (χ0n) is 14.2.